The van der Waals surface area contributed by atoms with Gasteiger partial charge in [0.25, 0.3) is 0 Å². The molecule has 0 heterocycles. The Kier molecular flexibility index (Phi) is 5.28. The Labute approximate surface area is 129 Å². The molecule has 1 saturated carbocycles. The molecule has 0 aromatic heterocycles. The average Bonchev–Trinajstić information content (AvgIpc) is 3.20. The molecular formula is C13H20N2O2S3. The SMILES string of the molecule is CSC1(CNS(=O)(=O)CCSc2ccc(N)cc2)CC1. The van der Waals surface area contributed by atoms with E-state index in [-0.39, 0.29) is 10.5 Å². The minimum absolute atomic E-state index is 0.145. The standard InChI is InChI=1S/C13H20N2O2S3/c1-18-13(6-7-13)10-15-20(16,17)9-8-19-12-4-2-11(14)3-5-12/h2-5,15H,6-10,14H2,1H3. The first kappa shape index (κ1) is 16.0. The fourth-order valence-electron chi connectivity index (χ4n) is 1.74. The molecule has 0 spiro atoms. The first-order chi connectivity index (χ1) is 9.45. The molecule has 2 rings (SSSR count). The van der Waals surface area contributed by atoms with Crippen LogP contribution in [0.2, 0.25) is 0 Å². The van der Waals surface area contributed by atoms with Gasteiger partial charge in [0, 0.05) is 27.6 Å². The van der Waals surface area contributed by atoms with Crippen LogP contribution in [-0.4, -0.2) is 37.5 Å². The maximum absolute atomic E-state index is 11.9. The molecule has 0 bridgehead atoms. The Hall–Kier alpha value is -0.370. The van der Waals surface area contributed by atoms with E-state index in [2.05, 4.69) is 4.72 Å². The van der Waals surface area contributed by atoms with Crippen LogP contribution < -0.4 is 10.5 Å². The first-order valence-corrected chi connectivity index (χ1v) is 10.3. The molecule has 1 aliphatic rings. The number of hydrogen-bond donors (Lipinski definition) is 2. The number of nitrogens with one attached hydrogen (secondary N) is 1. The highest BCUT2D eigenvalue weighted by Gasteiger charge is 2.42. The molecule has 7 heteroatoms. The molecule has 112 valence electrons. The van der Waals surface area contributed by atoms with Gasteiger partial charge in [-0.2, -0.15) is 11.8 Å². The lowest BCUT2D eigenvalue weighted by atomic mass is 10.3. The third-order valence-corrected chi connectivity index (χ3v) is 7.37. The van der Waals surface area contributed by atoms with Crippen LogP contribution >= 0.6 is 23.5 Å². The number of hydrogen-bond acceptors (Lipinski definition) is 5. The number of rotatable bonds is 8. The van der Waals surface area contributed by atoms with Crippen molar-refractivity contribution < 1.29 is 8.42 Å². The Morgan fingerprint density at radius 1 is 1.30 bits per heavy atom. The van der Waals surface area contributed by atoms with Crippen LogP contribution in [0, 0.1) is 0 Å². The van der Waals surface area contributed by atoms with E-state index in [0.717, 1.165) is 23.4 Å². The molecule has 1 aromatic carbocycles. The summed E-state index contributed by atoms with van der Waals surface area (Å²) in [4.78, 5) is 1.04. The van der Waals surface area contributed by atoms with Gasteiger partial charge in [-0.1, -0.05) is 0 Å². The van der Waals surface area contributed by atoms with Crippen molar-refractivity contribution in [3.8, 4) is 0 Å². The highest BCUT2D eigenvalue weighted by Crippen LogP contribution is 2.46. The minimum Gasteiger partial charge on any atom is -0.399 e. The summed E-state index contributed by atoms with van der Waals surface area (Å²) < 4.78 is 26.7. The van der Waals surface area contributed by atoms with E-state index >= 15 is 0 Å². The number of anilines is 1. The molecule has 1 aromatic rings. The summed E-state index contributed by atoms with van der Waals surface area (Å²) in [6.45, 7) is 0.559. The maximum atomic E-state index is 11.9. The van der Waals surface area contributed by atoms with E-state index in [0.29, 0.717) is 12.3 Å². The number of thioether (sulfide) groups is 2. The summed E-state index contributed by atoms with van der Waals surface area (Å²) in [5.74, 6) is 0.692. The third kappa shape index (κ3) is 4.87. The first-order valence-electron chi connectivity index (χ1n) is 6.46. The smallest absolute Gasteiger partial charge is 0.212 e. The van der Waals surface area contributed by atoms with Crippen molar-refractivity contribution >= 4 is 39.2 Å². The summed E-state index contributed by atoms with van der Waals surface area (Å²) in [5, 5.41) is 0. The van der Waals surface area contributed by atoms with Gasteiger partial charge in [-0.3, -0.25) is 0 Å². The van der Waals surface area contributed by atoms with E-state index in [1.807, 2.05) is 30.5 Å². The maximum Gasteiger partial charge on any atom is 0.212 e. The van der Waals surface area contributed by atoms with E-state index in [1.54, 1.807) is 11.8 Å². The van der Waals surface area contributed by atoms with E-state index in [9.17, 15) is 8.42 Å². The summed E-state index contributed by atoms with van der Waals surface area (Å²) in [5.41, 5.74) is 6.32. The second-order valence-electron chi connectivity index (χ2n) is 4.94. The van der Waals surface area contributed by atoms with Crippen LogP contribution in [0.5, 0.6) is 0 Å². The molecule has 1 fully saturated rings. The van der Waals surface area contributed by atoms with Crippen molar-refractivity contribution in [1.29, 1.82) is 0 Å². The number of nitrogen functional groups attached to an aromatic ring is 1. The predicted molar refractivity (Wildman–Crippen MR) is 88.8 cm³/mol. The van der Waals surface area contributed by atoms with Crippen molar-refractivity contribution in [2.24, 2.45) is 0 Å². The summed E-state index contributed by atoms with van der Waals surface area (Å²) >= 11 is 3.29. The molecule has 20 heavy (non-hydrogen) atoms. The Morgan fingerprint density at radius 3 is 2.50 bits per heavy atom. The quantitative estimate of drug-likeness (QED) is 0.564. The van der Waals surface area contributed by atoms with Gasteiger partial charge in [0.2, 0.25) is 10.0 Å². The van der Waals surface area contributed by atoms with Gasteiger partial charge in [-0.25, -0.2) is 13.1 Å². The minimum atomic E-state index is -3.17. The van der Waals surface area contributed by atoms with E-state index in [1.165, 1.54) is 11.8 Å². The second kappa shape index (κ2) is 6.60. The summed E-state index contributed by atoms with van der Waals surface area (Å²) in [6, 6.07) is 7.47. The normalized spacial score (nSPS) is 17.1. The third-order valence-electron chi connectivity index (χ3n) is 3.36. The Morgan fingerprint density at radius 2 is 1.95 bits per heavy atom. The Bertz CT molecular complexity index is 539. The lowest BCUT2D eigenvalue weighted by Gasteiger charge is -2.13. The molecule has 0 amide bonds. The molecule has 1 aliphatic carbocycles. The van der Waals surface area contributed by atoms with Crippen LogP contribution in [0.4, 0.5) is 5.69 Å². The van der Waals surface area contributed by atoms with Gasteiger partial charge in [0.1, 0.15) is 0 Å². The largest absolute Gasteiger partial charge is 0.399 e. The fourth-order valence-corrected chi connectivity index (χ4v) is 4.97. The summed E-state index contributed by atoms with van der Waals surface area (Å²) in [7, 11) is -3.17. The van der Waals surface area contributed by atoms with Crippen molar-refractivity contribution in [1.82, 2.24) is 4.72 Å². The van der Waals surface area contributed by atoms with Crippen LogP contribution in [-0.2, 0) is 10.0 Å². The van der Waals surface area contributed by atoms with Crippen molar-refractivity contribution in [2.75, 3.05) is 30.0 Å². The van der Waals surface area contributed by atoms with E-state index < -0.39 is 10.0 Å². The van der Waals surface area contributed by atoms with Crippen LogP contribution in [0.1, 0.15) is 12.8 Å². The molecule has 0 aliphatic heterocycles. The molecule has 0 atom stereocenters. The number of benzene rings is 1. The zero-order chi connectivity index (χ0) is 14.6. The lowest BCUT2D eigenvalue weighted by molar-refractivity contribution is 0.581. The van der Waals surface area contributed by atoms with Gasteiger partial charge in [-0.05, 0) is 43.4 Å². The van der Waals surface area contributed by atoms with Gasteiger partial charge < -0.3 is 5.73 Å². The zero-order valence-electron chi connectivity index (χ0n) is 11.5. The van der Waals surface area contributed by atoms with Crippen LogP contribution in [0.15, 0.2) is 29.2 Å². The lowest BCUT2D eigenvalue weighted by Crippen LogP contribution is -2.34. The predicted octanol–water partition coefficient (Wildman–Crippen LogP) is 2.18. The van der Waals surface area contributed by atoms with Gasteiger partial charge >= 0.3 is 0 Å². The zero-order valence-corrected chi connectivity index (χ0v) is 13.9. The summed E-state index contributed by atoms with van der Waals surface area (Å²) in [6.07, 6.45) is 4.26. The second-order valence-corrected chi connectivity index (χ2v) is 9.31. The molecular weight excluding hydrogens is 312 g/mol. The van der Waals surface area contributed by atoms with Crippen LogP contribution in [0.25, 0.3) is 0 Å². The number of nitrogens with two attached hydrogens (primary N) is 1. The van der Waals surface area contributed by atoms with Crippen molar-refractivity contribution in [3.63, 3.8) is 0 Å². The van der Waals surface area contributed by atoms with E-state index in [4.69, 9.17) is 5.73 Å². The van der Waals surface area contributed by atoms with Crippen molar-refractivity contribution in [3.05, 3.63) is 24.3 Å². The molecule has 0 saturated heterocycles. The van der Waals surface area contributed by atoms with Crippen LogP contribution in [0.3, 0.4) is 0 Å². The molecule has 0 unspecified atom stereocenters. The monoisotopic (exact) mass is 332 g/mol. The Balaban J connectivity index is 1.73. The molecule has 3 N–H and O–H groups in total. The van der Waals surface area contributed by atoms with Gasteiger partial charge in [-0.15, -0.1) is 11.8 Å². The average molecular weight is 333 g/mol. The molecule has 4 nitrogen and oxygen atoms in total. The highest BCUT2D eigenvalue weighted by molar-refractivity contribution is 8.00. The van der Waals surface area contributed by atoms with Crippen molar-refractivity contribution in [2.45, 2.75) is 22.5 Å². The fraction of sp³-hybridized carbons (Fsp3) is 0.538. The highest BCUT2D eigenvalue weighted by atomic mass is 32.2. The van der Waals surface area contributed by atoms with Gasteiger partial charge in [0.05, 0.1) is 5.75 Å². The topological polar surface area (TPSA) is 72.2 Å². The molecule has 0 radical (unpaired) electrons. The number of sulfonamides is 1. The van der Waals surface area contributed by atoms with Gasteiger partial charge in [0.15, 0.2) is 0 Å².